The van der Waals surface area contributed by atoms with Gasteiger partial charge in [-0.1, -0.05) is 23.2 Å². The molecule has 0 atom stereocenters. The molecule has 24 heavy (non-hydrogen) atoms. The molecule has 0 saturated carbocycles. The number of benzene rings is 2. The van der Waals surface area contributed by atoms with Crippen molar-refractivity contribution >= 4 is 35.3 Å². The van der Waals surface area contributed by atoms with Gasteiger partial charge in [-0.05, 0) is 60.9 Å². The smallest absolute Gasteiger partial charge is 0.277 e. The minimum Gasteiger partial charge on any atom is -0.507 e. The highest BCUT2D eigenvalue weighted by Gasteiger charge is 2.06. The molecule has 0 aliphatic carbocycles. The number of aryl methyl sites for hydroxylation is 2. The molecule has 0 heterocycles. The van der Waals surface area contributed by atoms with Crippen LogP contribution in [0.3, 0.4) is 0 Å². The molecule has 0 aromatic heterocycles. The number of hydrogen-bond acceptors (Lipinski definition) is 4. The van der Waals surface area contributed by atoms with Crippen molar-refractivity contribution in [3.8, 4) is 11.5 Å². The normalized spacial score (nSPS) is 10.8. The number of nitrogens with one attached hydrogen (secondary N) is 1. The standard InChI is InChI=1S/C17H16Cl2N2O3/c1-10-5-12(6-11(2)17(10)23)8-20-21-16(22)9-24-15-4-3-13(18)7-14(15)19/h3-8,23H,9H2,1-2H3,(H,21,22). The molecular formula is C17H16Cl2N2O3. The number of carbonyl (C=O) groups excluding carboxylic acids is 1. The van der Waals surface area contributed by atoms with Gasteiger partial charge in [-0.15, -0.1) is 0 Å². The average molecular weight is 367 g/mol. The number of hydrazone groups is 1. The van der Waals surface area contributed by atoms with Gasteiger partial charge < -0.3 is 9.84 Å². The van der Waals surface area contributed by atoms with Gasteiger partial charge in [0, 0.05) is 5.02 Å². The SMILES string of the molecule is Cc1cc(C=NNC(=O)COc2ccc(Cl)cc2Cl)cc(C)c1O. The van der Waals surface area contributed by atoms with Crippen LogP contribution < -0.4 is 10.2 Å². The Hall–Kier alpha value is -2.24. The zero-order valence-corrected chi connectivity index (χ0v) is 14.6. The van der Waals surface area contributed by atoms with Crippen LogP contribution >= 0.6 is 23.2 Å². The molecule has 5 nitrogen and oxygen atoms in total. The Morgan fingerprint density at radius 2 is 1.92 bits per heavy atom. The van der Waals surface area contributed by atoms with Crippen LogP contribution in [0.15, 0.2) is 35.4 Å². The van der Waals surface area contributed by atoms with Crippen molar-refractivity contribution in [3.05, 3.63) is 57.1 Å². The third kappa shape index (κ3) is 4.88. The van der Waals surface area contributed by atoms with E-state index in [0.717, 1.165) is 16.7 Å². The van der Waals surface area contributed by atoms with Gasteiger partial charge >= 0.3 is 0 Å². The number of halogens is 2. The maximum atomic E-state index is 11.7. The second kappa shape index (κ2) is 8.04. The topological polar surface area (TPSA) is 70.9 Å². The van der Waals surface area contributed by atoms with Crippen LogP contribution in [0.5, 0.6) is 11.5 Å². The van der Waals surface area contributed by atoms with Crippen molar-refractivity contribution in [3.63, 3.8) is 0 Å². The maximum Gasteiger partial charge on any atom is 0.277 e. The molecule has 0 spiro atoms. The number of rotatable bonds is 5. The fourth-order valence-electron chi connectivity index (χ4n) is 2.01. The van der Waals surface area contributed by atoms with Crippen LogP contribution in [0.1, 0.15) is 16.7 Å². The zero-order chi connectivity index (χ0) is 17.7. The fourth-order valence-corrected chi connectivity index (χ4v) is 2.47. The van der Waals surface area contributed by atoms with Gasteiger partial charge in [0.1, 0.15) is 11.5 Å². The van der Waals surface area contributed by atoms with Crippen LogP contribution in [0.4, 0.5) is 0 Å². The molecule has 2 rings (SSSR count). The molecule has 0 radical (unpaired) electrons. The highest BCUT2D eigenvalue weighted by molar-refractivity contribution is 6.35. The lowest BCUT2D eigenvalue weighted by atomic mass is 10.1. The largest absolute Gasteiger partial charge is 0.507 e. The molecule has 2 N–H and O–H groups in total. The molecule has 7 heteroatoms. The molecule has 0 aliphatic rings. The van der Waals surface area contributed by atoms with E-state index in [0.29, 0.717) is 15.8 Å². The lowest BCUT2D eigenvalue weighted by Gasteiger charge is -2.07. The van der Waals surface area contributed by atoms with Gasteiger partial charge in [0.15, 0.2) is 6.61 Å². The first kappa shape index (κ1) is 18.1. The number of nitrogens with zero attached hydrogens (tertiary/aromatic N) is 1. The van der Waals surface area contributed by atoms with E-state index < -0.39 is 5.91 Å². The van der Waals surface area contributed by atoms with Crippen molar-refractivity contribution in [2.24, 2.45) is 5.10 Å². The van der Waals surface area contributed by atoms with E-state index in [1.807, 2.05) is 0 Å². The van der Waals surface area contributed by atoms with E-state index in [4.69, 9.17) is 27.9 Å². The predicted octanol–water partition coefficient (Wildman–Crippen LogP) is 3.84. The zero-order valence-electron chi connectivity index (χ0n) is 13.1. The molecule has 126 valence electrons. The Labute approximate surface area is 149 Å². The van der Waals surface area contributed by atoms with Gasteiger partial charge in [-0.3, -0.25) is 4.79 Å². The quantitative estimate of drug-likeness (QED) is 0.623. The summed E-state index contributed by atoms with van der Waals surface area (Å²) in [6.07, 6.45) is 1.49. The minimum atomic E-state index is -0.426. The molecule has 2 aromatic carbocycles. The second-order valence-electron chi connectivity index (χ2n) is 5.16. The number of carbonyl (C=O) groups is 1. The average Bonchev–Trinajstić information content (AvgIpc) is 2.51. The van der Waals surface area contributed by atoms with Crippen LogP contribution in [0, 0.1) is 13.8 Å². The van der Waals surface area contributed by atoms with Crippen LogP contribution in [0.25, 0.3) is 0 Å². The molecular weight excluding hydrogens is 351 g/mol. The Bertz CT molecular complexity index is 768. The summed E-state index contributed by atoms with van der Waals surface area (Å²) < 4.78 is 5.30. The van der Waals surface area contributed by atoms with E-state index in [9.17, 15) is 9.90 Å². The third-order valence-corrected chi connectivity index (χ3v) is 3.70. The summed E-state index contributed by atoms with van der Waals surface area (Å²) in [6, 6.07) is 8.27. The Morgan fingerprint density at radius 3 is 2.54 bits per heavy atom. The number of ether oxygens (including phenoxy) is 1. The molecule has 0 aliphatic heterocycles. The van der Waals surface area contributed by atoms with Crippen molar-refractivity contribution < 1.29 is 14.6 Å². The Balaban J connectivity index is 1.89. The van der Waals surface area contributed by atoms with E-state index in [1.54, 1.807) is 38.1 Å². The number of phenols is 1. The van der Waals surface area contributed by atoms with E-state index >= 15 is 0 Å². The Morgan fingerprint density at radius 1 is 1.25 bits per heavy atom. The molecule has 0 unspecified atom stereocenters. The van der Waals surface area contributed by atoms with E-state index in [1.165, 1.54) is 12.3 Å². The minimum absolute atomic E-state index is 0.230. The van der Waals surface area contributed by atoms with Crippen LogP contribution in [-0.4, -0.2) is 23.8 Å². The molecule has 1 amide bonds. The van der Waals surface area contributed by atoms with Gasteiger partial charge in [0.25, 0.3) is 5.91 Å². The Kier molecular flexibility index (Phi) is 6.06. The monoisotopic (exact) mass is 366 g/mol. The maximum absolute atomic E-state index is 11.7. The van der Waals surface area contributed by atoms with E-state index in [-0.39, 0.29) is 12.4 Å². The van der Waals surface area contributed by atoms with Crippen molar-refractivity contribution in [2.75, 3.05) is 6.61 Å². The van der Waals surface area contributed by atoms with Crippen LogP contribution in [-0.2, 0) is 4.79 Å². The highest BCUT2D eigenvalue weighted by Crippen LogP contribution is 2.27. The first-order valence-electron chi connectivity index (χ1n) is 7.07. The molecule has 0 bridgehead atoms. The van der Waals surface area contributed by atoms with Gasteiger partial charge in [-0.25, -0.2) is 5.43 Å². The van der Waals surface area contributed by atoms with Gasteiger partial charge in [0.05, 0.1) is 11.2 Å². The van der Waals surface area contributed by atoms with E-state index in [2.05, 4.69) is 10.5 Å². The van der Waals surface area contributed by atoms with Crippen molar-refractivity contribution in [1.82, 2.24) is 5.43 Å². The number of aromatic hydroxyl groups is 1. The predicted molar refractivity (Wildman–Crippen MR) is 95.3 cm³/mol. The third-order valence-electron chi connectivity index (χ3n) is 3.17. The van der Waals surface area contributed by atoms with Crippen molar-refractivity contribution in [1.29, 1.82) is 0 Å². The summed E-state index contributed by atoms with van der Waals surface area (Å²) in [7, 11) is 0. The van der Waals surface area contributed by atoms with Gasteiger partial charge in [0.2, 0.25) is 0 Å². The number of amides is 1. The second-order valence-corrected chi connectivity index (χ2v) is 6.00. The lowest BCUT2D eigenvalue weighted by Crippen LogP contribution is -2.24. The molecule has 0 fully saturated rings. The summed E-state index contributed by atoms with van der Waals surface area (Å²) in [5.41, 5.74) is 4.61. The van der Waals surface area contributed by atoms with Gasteiger partial charge in [-0.2, -0.15) is 5.10 Å². The molecule has 0 saturated heterocycles. The summed E-state index contributed by atoms with van der Waals surface area (Å²) in [5, 5.41) is 14.4. The first-order valence-corrected chi connectivity index (χ1v) is 7.82. The number of phenolic OH excluding ortho intramolecular Hbond substituents is 1. The van der Waals surface area contributed by atoms with Crippen molar-refractivity contribution in [2.45, 2.75) is 13.8 Å². The summed E-state index contributed by atoms with van der Waals surface area (Å²) in [6.45, 7) is 3.36. The number of hydrogen-bond donors (Lipinski definition) is 2. The molecule has 2 aromatic rings. The summed E-state index contributed by atoms with van der Waals surface area (Å²) >= 11 is 11.7. The van der Waals surface area contributed by atoms with Crippen LogP contribution in [0.2, 0.25) is 10.0 Å². The highest BCUT2D eigenvalue weighted by atomic mass is 35.5. The lowest BCUT2D eigenvalue weighted by molar-refractivity contribution is -0.123. The fraction of sp³-hybridized carbons (Fsp3) is 0.176. The summed E-state index contributed by atoms with van der Waals surface area (Å²) in [5.74, 6) is 0.193. The summed E-state index contributed by atoms with van der Waals surface area (Å²) in [4.78, 5) is 11.7. The first-order chi connectivity index (χ1) is 11.4.